The van der Waals surface area contributed by atoms with Crippen molar-refractivity contribution in [3.8, 4) is 0 Å². The number of piperidine rings is 2. The van der Waals surface area contributed by atoms with Crippen LogP contribution in [0.15, 0.2) is 30.3 Å². The third-order valence-corrected chi connectivity index (χ3v) is 6.06. The van der Waals surface area contributed by atoms with E-state index < -0.39 is 0 Å². The maximum absolute atomic E-state index is 12.4. The van der Waals surface area contributed by atoms with Gasteiger partial charge in [-0.25, -0.2) is 0 Å². The summed E-state index contributed by atoms with van der Waals surface area (Å²) in [5.74, 6) is 0.351. The van der Waals surface area contributed by atoms with Crippen LogP contribution in [-0.2, 0) is 16.0 Å². The van der Waals surface area contributed by atoms with Crippen LogP contribution in [0.5, 0.6) is 0 Å². The standard InChI is InChI=1S/C22H35N3O2/c1-27-17-12-23-22(26)20-8-5-13-25(18-20)21-10-15-24(16-11-21)14-9-19-6-3-2-4-7-19/h2-4,6-7,20-21H,5,8-18H2,1H3,(H,23,26)/t20-/m1/s1. The molecule has 5 nitrogen and oxygen atoms in total. The maximum atomic E-state index is 12.4. The smallest absolute Gasteiger partial charge is 0.224 e. The van der Waals surface area contributed by atoms with Gasteiger partial charge >= 0.3 is 0 Å². The van der Waals surface area contributed by atoms with Crippen molar-refractivity contribution in [3.05, 3.63) is 35.9 Å². The topological polar surface area (TPSA) is 44.8 Å². The predicted octanol–water partition coefficient (Wildman–Crippen LogP) is 2.17. The fourth-order valence-corrected chi connectivity index (χ4v) is 4.41. The van der Waals surface area contributed by atoms with Crippen molar-refractivity contribution in [1.82, 2.24) is 15.1 Å². The molecule has 150 valence electrons. The molecule has 27 heavy (non-hydrogen) atoms. The van der Waals surface area contributed by atoms with E-state index >= 15 is 0 Å². The molecule has 0 bridgehead atoms. The number of benzene rings is 1. The summed E-state index contributed by atoms with van der Waals surface area (Å²) in [6, 6.07) is 11.4. The van der Waals surface area contributed by atoms with Crippen molar-refractivity contribution >= 4 is 5.91 Å². The van der Waals surface area contributed by atoms with Crippen LogP contribution in [0.2, 0.25) is 0 Å². The second kappa shape index (κ2) is 10.8. The Bertz CT molecular complexity index is 558. The molecule has 2 aliphatic rings. The van der Waals surface area contributed by atoms with E-state index in [1.165, 1.54) is 31.5 Å². The van der Waals surface area contributed by atoms with Gasteiger partial charge in [-0.2, -0.15) is 0 Å². The normalized spacial score (nSPS) is 22.6. The lowest BCUT2D eigenvalue weighted by molar-refractivity contribution is -0.127. The number of nitrogens with zero attached hydrogens (tertiary/aromatic N) is 2. The highest BCUT2D eigenvalue weighted by atomic mass is 16.5. The van der Waals surface area contributed by atoms with E-state index in [-0.39, 0.29) is 11.8 Å². The minimum absolute atomic E-state index is 0.145. The Morgan fingerprint density at radius 1 is 1.15 bits per heavy atom. The first-order valence-corrected chi connectivity index (χ1v) is 10.5. The fraction of sp³-hybridized carbons (Fsp3) is 0.682. The monoisotopic (exact) mass is 373 g/mol. The summed E-state index contributed by atoms with van der Waals surface area (Å²) in [4.78, 5) is 17.6. The van der Waals surface area contributed by atoms with Gasteiger partial charge in [0, 0.05) is 32.8 Å². The molecule has 2 heterocycles. The minimum atomic E-state index is 0.145. The first kappa shape index (κ1) is 20.3. The van der Waals surface area contributed by atoms with Gasteiger partial charge in [0.2, 0.25) is 5.91 Å². The number of hydrogen-bond acceptors (Lipinski definition) is 4. The Morgan fingerprint density at radius 3 is 2.67 bits per heavy atom. The van der Waals surface area contributed by atoms with Gasteiger partial charge in [0.1, 0.15) is 0 Å². The number of nitrogens with one attached hydrogen (secondary N) is 1. The summed E-state index contributed by atoms with van der Waals surface area (Å²) in [5, 5.41) is 3.02. The summed E-state index contributed by atoms with van der Waals surface area (Å²) in [6.07, 6.45) is 5.75. The maximum Gasteiger partial charge on any atom is 0.224 e. The molecular formula is C22H35N3O2. The molecule has 2 aliphatic heterocycles. The Labute approximate surface area is 164 Å². The quantitative estimate of drug-likeness (QED) is 0.710. The van der Waals surface area contributed by atoms with E-state index in [9.17, 15) is 4.79 Å². The van der Waals surface area contributed by atoms with Crippen LogP contribution in [0, 0.1) is 5.92 Å². The number of amides is 1. The van der Waals surface area contributed by atoms with Crippen LogP contribution in [0.4, 0.5) is 0 Å². The Morgan fingerprint density at radius 2 is 1.93 bits per heavy atom. The summed E-state index contributed by atoms with van der Waals surface area (Å²) >= 11 is 0. The van der Waals surface area contributed by atoms with Crippen molar-refractivity contribution in [2.24, 2.45) is 5.92 Å². The number of ether oxygens (including phenoxy) is 1. The molecule has 1 aromatic carbocycles. The van der Waals surface area contributed by atoms with Crippen molar-refractivity contribution in [2.45, 2.75) is 38.1 Å². The van der Waals surface area contributed by atoms with E-state index in [0.717, 1.165) is 38.9 Å². The first-order chi connectivity index (χ1) is 13.3. The molecule has 0 unspecified atom stereocenters. The summed E-state index contributed by atoms with van der Waals surface area (Å²) in [6.45, 7) is 6.79. The molecule has 1 N–H and O–H groups in total. The first-order valence-electron chi connectivity index (χ1n) is 10.5. The van der Waals surface area contributed by atoms with Gasteiger partial charge in [-0.15, -0.1) is 0 Å². The predicted molar refractivity (Wildman–Crippen MR) is 109 cm³/mol. The summed E-state index contributed by atoms with van der Waals surface area (Å²) < 4.78 is 5.02. The average molecular weight is 374 g/mol. The highest BCUT2D eigenvalue weighted by molar-refractivity contribution is 5.78. The van der Waals surface area contributed by atoms with E-state index in [1.54, 1.807) is 7.11 Å². The van der Waals surface area contributed by atoms with Crippen LogP contribution in [-0.4, -0.2) is 74.7 Å². The highest BCUT2D eigenvalue weighted by Crippen LogP contribution is 2.24. The van der Waals surface area contributed by atoms with Crippen LogP contribution in [0.25, 0.3) is 0 Å². The molecule has 3 rings (SSSR count). The summed E-state index contributed by atoms with van der Waals surface area (Å²) in [5.41, 5.74) is 1.43. The van der Waals surface area contributed by atoms with Gasteiger partial charge in [-0.1, -0.05) is 30.3 Å². The van der Waals surface area contributed by atoms with Crippen LogP contribution >= 0.6 is 0 Å². The van der Waals surface area contributed by atoms with E-state index in [0.29, 0.717) is 19.2 Å². The molecule has 1 atom stereocenters. The van der Waals surface area contributed by atoms with Crippen molar-refractivity contribution in [2.75, 3.05) is 53.0 Å². The van der Waals surface area contributed by atoms with Crippen LogP contribution < -0.4 is 5.32 Å². The van der Waals surface area contributed by atoms with E-state index in [1.807, 2.05) is 0 Å². The molecule has 0 aromatic heterocycles. The number of carbonyl (C=O) groups is 1. The SMILES string of the molecule is COCCNC(=O)[C@@H]1CCCN(C2CCN(CCc3ccccc3)CC2)C1. The lowest BCUT2D eigenvalue weighted by Crippen LogP contribution is -2.51. The zero-order chi connectivity index (χ0) is 18.9. The van der Waals surface area contributed by atoms with Crippen molar-refractivity contribution < 1.29 is 9.53 Å². The number of hydrogen-bond donors (Lipinski definition) is 1. The minimum Gasteiger partial charge on any atom is -0.383 e. The average Bonchev–Trinajstić information content (AvgIpc) is 2.73. The van der Waals surface area contributed by atoms with Gasteiger partial charge < -0.3 is 15.0 Å². The van der Waals surface area contributed by atoms with Gasteiger partial charge in [0.15, 0.2) is 0 Å². The van der Waals surface area contributed by atoms with Gasteiger partial charge in [-0.3, -0.25) is 9.69 Å². The van der Waals surface area contributed by atoms with Gasteiger partial charge in [-0.05, 0) is 57.3 Å². The molecule has 1 amide bonds. The molecule has 1 aromatic rings. The number of methoxy groups -OCH3 is 1. The lowest BCUT2D eigenvalue weighted by Gasteiger charge is -2.42. The van der Waals surface area contributed by atoms with Gasteiger partial charge in [0.25, 0.3) is 0 Å². The van der Waals surface area contributed by atoms with E-state index in [2.05, 4.69) is 45.4 Å². The molecule has 5 heteroatoms. The molecule has 2 fully saturated rings. The third kappa shape index (κ3) is 6.30. The highest BCUT2D eigenvalue weighted by Gasteiger charge is 2.31. The number of likely N-dealkylation sites (tertiary alicyclic amines) is 2. The molecule has 0 saturated carbocycles. The molecule has 0 aliphatic carbocycles. The van der Waals surface area contributed by atoms with E-state index in [4.69, 9.17) is 4.74 Å². The zero-order valence-corrected chi connectivity index (χ0v) is 16.7. The molecular weight excluding hydrogens is 338 g/mol. The Hall–Kier alpha value is -1.43. The van der Waals surface area contributed by atoms with Gasteiger partial charge in [0.05, 0.1) is 12.5 Å². The molecule has 2 saturated heterocycles. The molecule has 0 radical (unpaired) electrons. The van der Waals surface area contributed by atoms with Crippen LogP contribution in [0.1, 0.15) is 31.2 Å². The van der Waals surface area contributed by atoms with Crippen molar-refractivity contribution in [3.63, 3.8) is 0 Å². The third-order valence-electron chi connectivity index (χ3n) is 6.06. The second-order valence-electron chi connectivity index (χ2n) is 7.93. The molecule has 0 spiro atoms. The number of rotatable bonds is 8. The van der Waals surface area contributed by atoms with Crippen molar-refractivity contribution in [1.29, 1.82) is 0 Å². The lowest BCUT2D eigenvalue weighted by atomic mass is 9.93. The Balaban J connectivity index is 1.39. The fourth-order valence-electron chi connectivity index (χ4n) is 4.41. The second-order valence-corrected chi connectivity index (χ2v) is 7.93. The largest absolute Gasteiger partial charge is 0.383 e. The summed E-state index contributed by atoms with van der Waals surface area (Å²) in [7, 11) is 1.67. The zero-order valence-electron chi connectivity index (χ0n) is 16.7. The van der Waals surface area contributed by atoms with Crippen LogP contribution in [0.3, 0.4) is 0 Å². The number of carbonyl (C=O) groups excluding carboxylic acids is 1. The Kier molecular flexibility index (Phi) is 8.11.